The number of likely N-dealkylation sites (tertiary alicyclic amines) is 1. The van der Waals surface area contributed by atoms with Crippen LogP contribution in [0.5, 0.6) is 0 Å². The number of hydrogen-bond donors (Lipinski definition) is 2. The van der Waals surface area contributed by atoms with E-state index in [1.54, 1.807) is 18.2 Å². The number of nitrogens with one attached hydrogen (secondary N) is 1. The first-order chi connectivity index (χ1) is 11.6. The number of anilines is 1. The molecule has 1 aliphatic rings. The maximum absolute atomic E-state index is 12.3. The van der Waals surface area contributed by atoms with E-state index in [-0.39, 0.29) is 11.9 Å². The second-order valence-corrected chi connectivity index (χ2v) is 6.48. The van der Waals surface area contributed by atoms with Crippen LogP contribution in [0, 0.1) is 5.92 Å². The van der Waals surface area contributed by atoms with Crippen LogP contribution in [0.4, 0.5) is 5.82 Å². The molecule has 2 atom stereocenters. The Morgan fingerprint density at radius 2 is 2.08 bits per heavy atom. The molecule has 2 unspecified atom stereocenters. The van der Waals surface area contributed by atoms with Gasteiger partial charge in [0, 0.05) is 19.1 Å². The minimum absolute atomic E-state index is 0.113. The van der Waals surface area contributed by atoms with Gasteiger partial charge in [-0.3, -0.25) is 9.69 Å². The van der Waals surface area contributed by atoms with Crippen molar-refractivity contribution in [1.82, 2.24) is 15.2 Å². The van der Waals surface area contributed by atoms with Crippen molar-refractivity contribution in [2.45, 2.75) is 25.9 Å². The summed E-state index contributed by atoms with van der Waals surface area (Å²) in [5, 5.41) is 3.07. The largest absolute Gasteiger partial charge is 0.384 e. The third kappa shape index (κ3) is 4.11. The fourth-order valence-corrected chi connectivity index (χ4v) is 3.23. The lowest BCUT2D eigenvalue weighted by Crippen LogP contribution is -2.39. The first-order valence-electron chi connectivity index (χ1n) is 8.41. The number of hydrogen-bond acceptors (Lipinski definition) is 4. The highest BCUT2D eigenvalue weighted by molar-refractivity contribution is 5.92. The summed E-state index contributed by atoms with van der Waals surface area (Å²) in [6, 6.07) is 15.7. The van der Waals surface area contributed by atoms with Gasteiger partial charge in [-0.15, -0.1) is 0 Å². The molecule has 1 saturated heterocycles. The molecule has 1 aliphatic heterocycles. The topological polar surface area (TPSA) is 71.2 Å². The van der Waals surface area contributed by atoms with Gasteiger partial charge >= 0.3 is 0 Å². The van der Waals surface area contributed by atoms with Crippen molar-refractivity contribution in [3.05, 3.63) is 59.8 Å². The van der Waals surface area contributed by atoms with Crippen molar-refractivity contribution in [2.24, 2.45) is 5.92 Å². The number of nitrogens with two attached hydrogens (primary N) is 1. The fraction of sp³-hybridized carbons (Fsp3) is 0.368. The number of carbonyl (C=O) groups excluding carboxylic acids is 1. The van der Waals surface area contributed by atoms with E-state index in [9.17, 15) is 4.79 Å². The summed E-state index contributed by atoms with van der Waals surface area (Å²) < 4.78 is 0. The lowest BCUT2D eigenvalue weighted by atomic mass is 10.0. The third-order valence-electron chi connectivity index (χ3n) is 4.63. The van der Waals surface area contributed by atoms with E-state index in [1.165, 1.54) is 5.56 Å². The molecule has 3 rings (SSSR count). The number of benzene rings is 1. The molecule has 0 radical (unpaired) electrons. The van der Waals surface area contributed by atoms with E-state index in [0.29, 0.717) is 17.4 Å². The lowest BCUT2D eigenvalue weighted by molar-refractivity contribution is 0.0922. The van der Waals surface area contributed by atoms with E-state index in [4.69, 9.17) is 5.73 Å². The van der Waals surface area contributed by atoms with Crippen molar-refractivity contribution < 1.29 is 4.79 Å². The maximum Gasteiger partial charge on any atom is 0.270 e. The fourth-order valence-electron chi connectivity index (χ4n) is 3.23. The molecule has 2 aromatic rings. The Kier molecular flexibility index (Phi) is 5.11. The van der Waals surface area contributed by atoms with Crippen molar-refractivity contribution >= 4 is 11.7 Å². The van der Waals surface area contributed by atoms with Gasteiger partial charge in [-0.1, -0.05) is 36.4 Å². The van der Waals surface area contributed by atoms with Crippen molar-refractivity contribution in [3.8, 4) is 0 Å². The Labute approximate surface area is 142 Å². The lowest BCUT2D eigenvalue weighted by Gasteiger charge is -2.21. The van der Waals surface area contributed by atoms with Crippen LogP contribution in [-0.4, -0.2) is 34.9 Å². The van der Waals surface area contributed by atoms with Gasteiger partial charge in [0.05, 0.1) is 0 Å². The smallest absolute Gasteiger partial charge is 0.270 e. The second-order valence-electron chi connectivity index (χ2n) is 6.48. The number of aromatic nitrogens is 1. The molecule has 1 fully saturated rings. The Hall–Kier alpha value is -2.40. The highest BCUT2D eigenvalue weighted by atomic mass is 16.1. The van der Waals surface area contributed by atoms with Crippen molar-refractivity contribution in [2.75, 3.05) is 18.8 Å². The molecule has 24 heavy (non-hydrogen) atoms. The van der Waals surface area contributed by atoms with Crippen molar-refractivity contribution in [1.29, 1.82) is 0 Å². The Balaban J connectivity index is 1.53. The zero-order valence-electron chi connectivity index (χ0n) is 14.0. The Bertz CT molecular complexity index is 689. The van der Waals surface area contributed by atoms with Crippen LogP contribution in [0.25, 0.3) is 0 Å². The monoisotopic (exact) mass is 324 g/mol. The molecule has 0 aliphatic carbocycles. The van der Waals surface area contributed by atoms with Crippen LogP contribution in [0.15, 0.2) is 48.5 Å². The van der Waals surface area contributed by atoms with E-state index in [0.717, 1.165) is 26.1 Å². The van der Waals surface area contributed by atoms with Crippen LogP contribution in [0.2, 0.25) is 0 Å². The van der Waals surface area contributed by atoms with Gasteiger partial charge in [-0.05, 0) is 43.5 Å². The first kappa shape index (κ1) is 16.5. The van der Waals surface area contributed by atoms with Crippen LogP contribution in [0.1, 0.15) is 29.4 Å². The molecule has 0 spiro atoms. The predicted octanol–water partition coefficient (Wildman–Crippen LogP) is 2.30. The first-order valence-corrected chi connectivity index (χ1v) is 8.41. The van der Waals surface area contributed by atoms with Gasteiger partial charge < -0.3 is 11.1 Å². The highest BCUT2D eigenvalue weighted by Gasteiger charge is 2.28. The third-order valence-corrected chi connectivity index (χ3v) is 4.63. The number of amides is 1. The Morgan fingerprint density at radius 3 is 2.83 bits per heavy atom. The van der Waals surface area contributed by atoms with Gasteiger partial charge in [0.15, 0.2) is 0 Å². The molecule has 1 amide bonds. The molecular weight excluding hydrogens is 300 g/mol. The zero-order chi connectivity index (χ0) is 16.9. The summed E-state index contributed by atoms with van der Waals surface area (Å²) in [7, 11) is 0. The average molecular weight is 324 g/mol. The number of rotatable bonds is 5. The standard InChI is InChI=1S/C19H24N4O/c1-14(21-19(24)17-8-5-9-18(20)22-17)16-10-11-23(13-16)12-15-6-3-2-4-7-15/h2-9,14,16H,10-13H2,1H3,(H2,20,22)(H,21,24). The normalized spacial score (nSPS) is 19.1. The van der Waals surface area contributed by atoms with E-state index < -0.39 is 0 Å². The summed E-state index contributed by atoms with van der Waals surface area (Å²) in [6.45, 7) is 5.10. The maximum atomic E-state index is 12.3. The number of carbonyl (C=O) groups is 1. The number of pyridine rings is 1. The molecule has 5 heteroatoms. The summed E-state index contributed by atoms with van der Waals surface area (Å²) in [4.78, 5) is 18.8. The van der Waals surface area contributed by atoms with E-state index in [2.05, 4.69) is 46.4 Å². The highest BCUT2D eigenvalue weighted by Crippen LogP contribution is 2.21. The summed E-state index contributed by atoms with van der Waals surface area (Å²) in [6.07, 6.45) is 1.10. The SMILES string of the molecule is CC(NC(=O)c1cccc(N)n1)C1CCN(Cc2ccccc2)C1. The van der Waals surface area contributed by atoms with Crippen LogP contribution in [0.3, 0.4) is 0 Å². The van der Waals surface area contributed by atoms with E-state index >= 15 is 0 Å². The van der Waals surface area contributed by atoms with Crippen molar-refractivity contribution in [3.63, 3.8) is 0 Å². The summed E-state index contributed by atoms with van der Waals surface area (Å²) >= 11 is 0. The predicted molar refractivity (Wildman–Crippen MR) is 95.4 cm³/mol. The van der Waals surface area contributed by atoms with Gasteiger partial charge in [-0.2, -0.15) is 0 Å². The molecule has 1 aromatic heterocycles. The van der Waals surface area contributed by atoms with Crippen LogP contribution in [-0.2, 0) is 6.54 Å². The minimum atomic E-state index is -0.156. The molecular formula is C19H24N4O. The van der Waals surface area contributed by atoms with Gasteiger partial charge in [0.2, 0.25) is 0 Å². The summed E-state index contributed by atoms with van der Waals surface area (Å²) in [5.74, 6) is 0.667. The van der Waals surface area contributed by atoms with Crippen LogP contribution >= 0.6 is 0 Å². The minimum Gasteiger partial charge on any atom is -0.384 e. The quantitative estimate of drug-likeness (QED) is 0.885. The van der Waals surface area contributed by atoms with Gasteiger partial charge in [0.25, 0.3) is 5.91 Å². The Morgan fingerprint density at radius 1 is 1.29 bits per heavy atom. The molecule has 126 valence electrons. The average Bonchev–Trinajstić information content (AvgIpc) is 3.04. The summed E-state index contributed by atoms with van der Waals surface area (Å²) in [5.41, 5.74) is 7.35. The number of nitrogens with zero attached hydrogens (tertiary/aromatic N) is 2. The molecule has 2 heterocycles. The molecule has 5 nitrogen and oxygen atoms in total. The second kappa shape index (κ2) is 7.45. The molecule has 0 bridgehead atoms. The van der Waals surface area contributed by atoms with E-state index in [1.807, 2.05) is 6.07 Å². The number of nitrogen functional groups attached to an aromatic ring is 1. The van der Waals surface area contributed by atoms with Gasteiger partial charge in [0.1, 0.15) is 11.5 Å². The molecule has 1 aromatic carbocycles. The molecule has 0 saturated carbocycles. The molecule has 3 N–H and O–H groups in total. The van der Waals surface area contributed by atoms with Gasteiger partial charge in [-0.25, -0.2) is 4.98 Å². The van der Waals surface area contributed by atoms with Crippen LogP contribution < -0.4 is 11.1 Å². The zero-order valence-corrected chi connectivity index (χ0v) is 14.0.